The molecule has 1 aromatic carbocycles. The van der Waals surface area contributed by atoms with Gasteiger partial charge in [0.25, 0.3) is 0 Å². The summed E-state index contributed by atoms with van der Waals surface area (Å²) in [6.45, 7) is 3.54. The maximum absolute atomic E-state index is 12.8. The SMILES string of the molecule is [CH2]C(CO)c1ccc(F)c(C#N)c1. The van der Waals surface area contributed by atoms with Gasteiger partial charge in [-0.1, -0.05) is 6.07 Å². The van der Waals surface area contributed by atoms with Crippen LogP contribution in [-0.4, -0.2) is 11.7 Å². The second kappa shape index (κ2) is 4.01. The Kier molecular flexibility index (Phi) is 2.99. The molecule has 67 valence electrons. The Morgan fingerprint density at radius 2 is 2.31 bits per heavy atom. The summed E-state index contributed by atoms with van der Waals surface area (Å²) in [4.78, 5) is 0. The Labute approximate surface area is 76.2 Å². The van der Waals surface area contributed by atoms with Crippen LogP contribution in [-0.2, 0) is 0 Å². The van der Waals surface area contributed by atoms with Crippen molar-refractivity contribution in [3.05, 3.63) is 42.1 Å². The Bertz CT molecular complexity index is 343. The molecule has 0 saturated carbocycles. The van der Waals surface area contributed by atoms with Crippen molar-refractivity contribution >= 4 is 0 Å². The molecule has 1 aromatic rings. The Hall–Kier alpha value is -1.40. The lowest BCUT2D eigenvalue weighted by molar-refractivity contribution is 0.282. The van der Waals surface area contributed by atoms with Crippen molar-refractivity contribution in [2.24, 2.45) is 0 Å². The fourth-order valence-electron chi connectivity index (χ4n) is 0.988. The number of benzene rings is 1. The summed E-state index contributed by atoms with van der Waals surface area (Å²) in [5.41, 5.74) is 0.653. The van der Waals surface area contributed by atoms with E-state index in [9.17, 15) is 4.39 Å². The number of aliphatic hydroxyl groups is 1. The molecule has 0 aliphatic rings. The highest BCUT2D eigenvalue weighted by Gasteiger charge is 2.07. The molecule has 1 rings (SSSR count). The normalized spacial score (nSPS) is 12.2. The van der Waals surface area contributed by atoms with Crippen molar-refractivity contribution in [1.82, 2.24) is 0 Å². The van der Waals surface area contributed by atoms with E-state index in [1.165, 1.54) is 18.2 Å². The molecule has 0 aliphatic heterocycles. The molecule has 3 heteroatoms. The summed E-state index contributed by atoms with van der Waals surface area (Å²) < 4.78 is 12.8. The van der Waals surface area contributed by atoms with E-state index < -0.39 is 5.82 Å². The van der Waals surface area contributed by atoms with Crippen molar-refractivity contribution in [2.75, 3.05) is 6.61 Å². The zero-order valence-corrected chi connectivity index (χ0v) is 7.00. The van der Waals surface area contributed by atoms with E-state index in [-0.39, 0.29) is 18.1 Å². The van der Waals surface area contributed by atoms with Gasteiger partial charge in [0, 0.05) is 12.5 Å². The molecule has 0 saturated heterocycles. The number of rotatable bonds is 2. The van der Waals surface area contributed by atoms with E-state index in [2.05, 4.69) is 6.92 Å². The first kappa shape index (κ1) is 9.69. The van der Waals surface area contributed by atoms with Crippen molar-refractivity contribution in [1.29, 1.82) is 5.26 Å². The number of hydrogen-bond donors (Lipinski definition) is 1. The molecule has 0 aromatic heterocycles. The summed E-state index contributed by atoms with van der Waals surface area (Å²) in [5, 5.41) is 17.3. The summed E-state index contributed by atoms with van der Waals surface area (Å²) in [6.07, 6.45) is 0. The van der Waals surface area contributed by atoms with Gasteiger partial charge in [0.1, 0.15) is 11.9 Å². The molecule has 1 atom stereocenters. The van der Waals surface area contributed by atoms with E-state index in [4.69, 9.17) is 10.4 Å². The smallest absolute Gasteiger partial charge is 0.140 e. The molecule has 1 radical (unpaired) electrons. The first-order chi connectivity index (χ1) is 6.19. The molecule has 0 amide bonds. The van der Waals surface area contributed by atoms with Gasteiger partial charge in [-0.3, -0.25) is 0 Å². The molecule has 1 unspecified atom stereocenters. The van der Waals surface area contributed by atoms with Gasteiger partial charge in [0.2, 0.25) is 0 Å². The fourth-order valence-corrected chi connectivity index (χ4v) is 0.988. The van der Waals surface area contributed by atoms with Crippen LogP contribution in [0.15, 0.2) is 18.2 Å². The van der Waals surface area contributed by atoms with E-state index >= 15 is 0 Å². The molecule has 0 bridgehead atoms. The lowest BCUT2D eigenvalue weighted by Gasteiger charge is -2.07. The van der Waals surface area contributed by atoms with Crippen molar-refractivity contribution < 1.29 is 9.50 Å². The monoisotopic (exact) mass is 178 g/mol. The molecular weight excluding hydrogens is 169 g/mol. The average Bonchev–Trinajstić information content (AvgIpc) is 2.17. The van der Waals surface area contributed by atoms with Crippen LogP contribution >= 0.6 is 0 Å². The zero-order chi connectivity index (χ0) is 9.84. The van der Waals surface area contributed by atoms with Gasteiger partial charge in [0.05, 0.1) is 5.56 Å². The highest BCUT2D eigenvalue weighted by Crippen LogP contribution is 2.17. The maximum atomic E-state index is 12.8. The largest absolute Gasteiger partial charge is 0.396 e. The zero-order valence-electron chi connectivity index (χ0n) is 7.00. The third-order valence-electron chi connectivity index (χ3n) is 1.80. The molecule has 1 N–H and O–H groups in total. The minimum absolute atomic E-state index is 0.0143. The van der Waals surface area contributed by atoms with Gasteiger partial charge in [0.15, 0.2) is 0 Å². The van der Waals surface area contributed by atoms with E-state index in [0.29, 0.717) is 5.56 Å². The van der Waals surface area contributed by atoms with Crippen LogP contribution in [0.1, 0.15) is 17.0 Å². The number of nitrogens with zero attached hydrogens (tertiary/aromatic N) is 1. The topological polar surface area (TPSA) is 44.0 Å². The molecule has 0 spiro atoms. The molecule has 0 heterocycles. The lowest BCUT2D eigenvalue weighted by Crippen LogP contribution is -2.00. The van der Waals surface area contributed by atoms with Crippen LogP contribution in [0.25, 0.3) is 0 Å². The number of hydrogen-bond acceptors (Lipinski definition) is 2. The van der Waals surface area contributed by atoms with Crippen LogP contribution in [0.2, 0.25) is 0 Å². The lowest BCUT2D eigenvalue weighted by atomic mass is 10.00. The second-order valence-corrected chi connectivity index (χ2v) is 2.73. The van der Waals surface area contributed by atoms with Crippen LogP contribution in [0.5, 0.6) is 0 Å². The molecule has 0 fully saturated rings. The van der Waals surface area contributed by atoms with E-state index in [0.717, 1.165) is 0 Å². The second-order valence-electron chi connectivity index (χ2n) is 2.73. The predicted molar refractivity (Wildman–Crippen MR) is 46.3 cm³/mol. The summed E-state index contributed by atoms with van der Waals surface area (Å²) in [7, 11) is 0. The summed E-state index contributed by atoms with van der Waals surface area (Å²) >= 11 is 0. The van der Waals surface area contributed by atoms with Crippen LogP contribution < -0.4 is 0 Å². The van der Waals surface area contributed by atoms with Gasteiger partial charge < -0.3 is 5.11 Å². The number of nitriles is 1. The fraction of sp³-hybridized carbons (Fsp3) is 0.200. The Morgan fingerprint density at radius 1 is 1.62 bits per heavy atom. The Balaban J connectivity index is 3.08. The van der Waals surface area contributed by atoms with Crippen molar-refractivity contribution in [2.45, 2.75) is 5.92 Å². The van der Waals surface area contributed by atoms with Crippen LogP contribution in [0.4, 0.5) is 4.39 Å². The maximum Gasteiger partial charge on any atom is 0.140 e. The first-order valence-electron chi connectivity index (χ1n) is 3.82. The first-order valence-corrected chi connectivity index (χ1v) is 3.82. The minimum Gasteiger partial charge on any atom is -0.396 e. The molecule has 0 aliphatic carbocycles. The number of halogens is 1. The third-order valence-corrected chi connectivity index (χ3v) is 1.80. The minimum atomic E-state index is -0.545. The third kappa shape index (κ3) is 2.04. The molecule has 2 nitrogen and oxygen atoms in total. The summed E-state index contributed by atoms with van der Waals surface area (Å²) in [5.74, 6) is -0.857. The Morgan fingerprint density at radius 3 is 2.85 bits per heavy atom. The van der Waals surface area contributed by atoms with Crippen LogP contribution in [0.3, 0.4) is 0 Å². The number of aliphatic hydroxyl groups excluding tert-OH is 1. The predicted octanol–water partition coefficient (Wildman–Crippen LogP) is 1.61. The highest BCUT2D eigenvalue weighted by atomic mass is 19.1. The van der Waals surface area contributed by atoms with E-state index in [1.54, 1.807) is 6.07 Å². The highest BCUT2D eigenvalue weighted by molar-refractivity contribution is 5.36. The van der Waals surface area contributed by atoms with Crippen molar-refractivity contribution in [3.63, 3.8) is 0 Å². The quantitative estimate of drug-likeness (QED) is 0.747. The standard InChI is InChI=1S/C10H9FNO/c1-7(6-13)8-2-3-10(11)9(4-8)5-12/h2-4,7,13H,1,6H2. The van der Waals surface area contributed by atoms with Gasteiger partial charge in [-0.2, -0.15) is 5.26 Å². The average molecular weight is 178 g/mol. The summed E-state index contributed by atoms with van der Waals surface area (Å²) in [6, 6.07) is 5.86. The van der Waals surface area contributed by atoms with Crippen LogP contribution in [0, 0.1) is 24.1 Å². The van der Waals surface area contributed by atoms with Gasteiger partial charge in [-0.25, -0.2) is 4.39 Å². The van der Waals surface area contributed by atoms with E-state index in [1.807, 2.05) is 0 Å². The van der Waals surface area contributed by atoms with Gasteiger partial charge in [-0.15, -0.1) is 0 Å². The van der Waals surface area contributed by atoms with Gasteiger partial charge >= 0.3 is 0 Å². The van der Waals surface area contributed by atoms with Gasteiger partial charge in [-0.05, 0) is 24.6 Å². The molecule has 13 heavy (non-hydrogen) atoms. The van der Waals surface area contributed by atoms with Crippen molar-refractivity contribution in [3.8, 4) is 6.07 Å². The molecular formula is C10H9FNO.